The van der Waals surface area contributed by atoms with Crippen molar-refractivity contribution in [1.82, 2.24) is 20.5 Å². The number of carbonyl (C=O) groups excluding carboxylic acids is 2. The van der Waals surface area contributed by atoms with Crippen LogP contribution < -0.4 is 10.7 Å². The van der Waals surface area contributed by atoms with Gasteiger partial charge in [-0.25, -0.2) is 14.5 Å². The van der Waals surface area contributed by atoms with Crippen LogP contribution in [0.4, 0.5) is 4.39 Å². The number of aryl methyl sites for hydroxylation is 1. The molecule has 9 heteroatoms. The molecule has 0 unspecified atom stereocenters. The number of halogens is 2. The topological polar surface area (TPSA) is 88.4 Å². The zero-order valence-electron chi connectivity index (χ0n) is 15.4. The second kappa shape index (κ2) is 9.11. The molecule has 0 atom stereocenters. The number of hydrogen-bond acceptors (Lipinski definition) is 4. The average Bonchev–Trinajstić information content (AvgIpc) is 3.01. The Bertz CT molecular complexity index is 1050. The monoisotopic (exact) mass is 413 g/mol. The lowest BCUT2D eigenvalue weighted by molar-refractivity contribution is -0.120. The molecule has 7 nitrogen and oxygen atoms in total. The molecule has 148 valence electrons. The second-order valence-corrected chi connectivity index (χ2v) is 6.38. The van der Waals surface area contributed by atoms with E-state index in [1.807, 2.05) is 30.3 Å². The maximum absolute atomic E-state index is 12.9. The summed E-state index contributed by atoms with van der Waals surface area (Å²) in [7, 11) is 0. The molecule has 1 heterocycles. The summed E-state index contributed by atoms with van der Waals surface area (Å²) in [4.78, 5) is 23.8. The molecule has 0 bridgehead atoms. The van der Waals surface area contributed by atoms with Gasteiger partial charge >= 0.3 is 0 Å². The van der Waals surface area contributed by atoms with Gasteiger partial charge in [0.15, 0.2) is 0 Å². The first kappa shape index (κ1) is 20.2. The normalized spacial score (nSPS) is 10.9. The van der Waals surface area contributed by atoms with Crippen LogP contribution in [0.2, 0.25) is 5.15 Å². The molecule has 1 aromatic heterocycles. The molecular formula is C20H17ClFN5O2. The zero-order valence-corrected chi connectivity index (χ0v) is 16.2. The van der Waals surface area contributed by atoms with Crippen LogP contribution >= 0.6 is 11.6 Å². The lowest BCUT2D eigenvalue weighted by atomic mass is 10.2. The van der Waals surface area contributed by atoms with Gasteiger partial charge in [-0.2, -0.15) is 10.2 Å². The van der Waals surface area contributed by atoms with Crippen LogP contribution in [-0.2, 0) is 4.79 Å². The van der Waals surface area contributed by atoms with Crippen molar-refractivity contribution in [2.45, 2.75) is 6.92 Å². The molecule has 0 saturated carbocycles. The Hall–Kier alpha value is -3.52. The number of aromatic nitrogens is 2. The predicted molar refractivity (Wildman–Crippen MR) is 108 cm³/mol. The predicted octanol–water partition coefficient (Wildman–Crippen LogP) is 2.85. The fourth-order valence-electron chi connectivity index (χ4n) is 2.47. The first-order valence-corrected chi connectivity index (χ1v) is 8.99. The van der Waals surface area contributed by atoms with Crippen molar-refractivity contribution in [3.05, 3.63) is 82.4 Å². The summed E-state index contributed by atoms with van der Waals surface area (Å²) < 4.78 is 14.4. The van der Waals surface area contributed by atoms with Crippen molar-refractivity contribution in [1.29, 1.82) is 0 Å². The first-order chi connectivity index (χ1) is 14.0. The van der Waals surface area contributed by atoms with Crippen LogP contribution in [0.25, 0.3) is 5.69 Å². The minimum absolute atomic E-state index is 0.249. The van der Waals surface area contributed by atoms with Crippen molar-refractivity contribution in [2.75, 3.05) is 6.54 Å². The minimum atomic E-state index is -0.527. The summed E-state index contributed by atoms with van der Waals surface area (Å²) in [5.41, 5.74) is 4.56. The van der Waals surface area contributed by atoms with Gasteiger partial charge in [-0.1, -0.05) is 29.8 Å². The van der Waals surface area contributed by atoms with Crippen LogP contribution in [0.3, 0.4) is 0 Å². The summed E-state index contributed by atoms with van der Waals surface area (Å²) in [5, 5.41) is 11.0. The van der Waals surface area contributed by atoms with E-state index in [1.165, 1.54) is 30.5 Å². The van der Waals surface area contributed by atoms with E-state index >= 15 is 0 Å². The third kappa shape index (κ3) is 5.05. The molecule has 2 N–H and O–H groups in total. The summed E-state index contributed by atoms with van der Waals surface area (Å²) in [6.07, 6.45) is 1.39. The van der Waals surface area contributed by atoms with Crippen molar-refractivity contribution in [3.63, 3.8) is 0 Å². The Morgan fingerprint density at radius 2 is 1.86 bits per heavy atom. The molecule has 0 radical (unpaired) electrons. The van der Waals surface area contributed by atoms with E-state index in [1.54, 1.807) is 11.6 Å². The Balaban J connectivity index is 1.57. The van der Waals surface area contributed by atoms with E-state index in [4.69, 9.17) is 11.6 Å². The van der Waals surface area contributed by atoms with Crippen molar-refractivity contribution >= 4 is 29.6 Å². The van der Waals surface area contributed by atoms with Gasteiger partial charge in [0, 0.05) is 5.56 Å². The maximum atomic E-state index is 12.9. The van der Waals surface area contributed by atoms with Crippen LogP contribution in [0.1, 0.15) is 21.6 Å². The highest BCUT2D eigenvalue weighted by Crippen LogP contribution is 2.21. The molecule has 0 aliphatic rings. The fourth-order valence-corrected chi connectivity index (χ4v) is 2.79. The molecular weight excluding hydrogens is 397 g/mol. The van der Waals surface area contributed by atoms with E-state index in [-0.39, 0.29) is 12.1 Å². The molecule has 2 amide bonds. The molecule has 3 rings (SSSR count). The summed E-state index contributed by atoms with van der Waals surface area (Å²) in [5.74, 6) is -1.47. The Morgan fingerprint density at radius 3 is 2.55 bits per heavy atom. The quantitative estimate of drug-likeness (QED) is 0.481. The Morgan fingerprint density at radius 1 is 1.17 bits per heavy atom. The largest absolute Gasteiger partial charge is 0.343 e. The van der Waals surface area contributed by atoms with E-state index in [0.717, 1.165) is 5.69 Å². The SMILES string of the molecule is Cc1nn(-c2ccccc2)c(Cl)c1C=NNC(=O)CNC(=O)c1ccc(F)cc1. The molecule has 2 aromatic carbocycles. The lowest BCUT2D eigenvalue weighted by Gasteiger charge is -2.04. The van der Waals surface area contributed by atoms with Gasteiger partial charge in [0.05, 0.1) is 29.7 Å². The summed E-state index contributed by atoms with van der Waals surface area (Å²) in [6, 6.07) is 14.4. The molecule has 0 aliphatic carbocycles. The van der Waals surface area contributed by atoms with Gasteiger partial charge in [0.1, 0.15) is 11.0 Å². The van der Waals surface area contributed by atoms with Gasteiger partial charge in [0.2, 0.25) is 0 Å². The number of benzene rings is 2. The number of amides is 2. The van der Waals surface area contributed by atoms with E-state index < -0.39 is 17.6 Å². The summed E-state index contributed by atoms with van der Waals surface area (Å²) >= 11 is 6.37. The number of hydrogen-bond donors (Lipinski definition) is 2. The van der Waals surface area contributed by atoms with Gasteiger partial charge in [0.25, 0.3) is 11.8 Å². The fraction of sp³-hybridized carbons (Fsp3) is 0.100. The smallest absolute Gasteiger partial charge is 0.259 e. The highest BCUT2D eigenvalue weighted by atomic mass is 35.5. The van der Waals surface area contributed by atoms with E-state index in [0.29, 0.717) is 16.4 Å². The molecule has 29 heavy (non-hydrogen) atoms. The van der Waals surface area contributed by atoms with Crippen LogP contribution in [0.15, 0.2) is 59.7 Å². The van der Waals surface area contributed by atoms with Crippen LogP contribution in [0, 0.1) is 12.7 Å². The highest BCUT2D eigenvalue weighted by Gasteiger charge is 2.13. The Kier molecular flexibility index (Phi) is 6.36. The molecule has 3 aromatic rings. The van der Waals surface area contributed by atoms with Gasteiger partial charge in [-0.3, -0.25) is 9.59 Å². The zero-order chi connectivity index (χ0) is 20.8. The number of para-hydroxylation sites is 1. The average molecular weight is 414 g/mol. The van der Waals surface area contributed by atoms with Crippen LogP contribution in [-0.4, -0.2) is 34.4 Å². The molecule has 0 saturated heterocycles. The van der Waals surface area contributed by atoms with Crippen molar-refractivity contribution in [2.24, 2.45) is 5.10 Å². The number of hydrazone groups is 1. The van der Waals surface area contributed by atoms with E-state index in [9.17, 15) is 14.0 Å². The van der Waals surface area contributed by atoms with Gasteiger partial charge in [-0.15, -0.1) is 0 Å². The molecule has 0 spiro atoms. The van der Waals surface area contributed by atoms with Gasteiger partial charge in [-0.05, 0) is 43.3 Å². The van der Waals surface area contributed by atoms with Crippen LogP contribution in [0.5, 0.6) is 0 Å². The number of nitrogens with zero attached hydrogens (tertiary/aromatic N) is 3. The van der Waals surface area contributed by atoms with E-state index in [2.05, 4.69) is 20.9 Å². The van der Waals surface area contributed by atoms with Crippen molar-refractivity contribution in [3.8, 4) is 5.69 Å². The molecule has 0 aliphatic heterocycles. The highest BCUT2D eigenvalue weighted by molar-refractivity contribution is 6.32. The Labute approximate surface area is 171 Å². The molecule has 0 fully saturated rings. The number of rotatable bonds is 6. The first-order valence-electron chi connectivity index (χ1n) is 8.62. The maximum Gasteiger partial charge on any atom is 0.259 e. The third-order valence-electron chi connectivity index (χ3n) is 3.95. The van der Waals surface area contributed by atoms with Gasteiger partial charge < -0.3 is 5.32 Å². The second-order valence-electron chi connectivity index (χ2n) is 6.02. The standard InChI is InChI=1S/C20H17ClFN5O2/c1-13-17(19(21)27(26-13)16-5-3-2-4-6-16)11-24-25-18(28)12-23-20(29)14-7-9-15(22)10-8-14/h2-11H,12H2,1H3,(H,23,29)(H,25,28). The minimum Gasteiger partial charge on any atom is -0.343 e. The number of nitrogens with one attached hydrogen (secondary N) is 2. The number of carbonyl (C=O) groups is 2. The summed E-state index contributed by atoms with van der Waals surface area (Å²) in [6.45, 7) is 1.49. The lowest BCUT2D eigenvalue weighted by Crippen LogP contribution is -2.34. The third-order valence-corrected chi connectivity index (χ3v) is 4.31. The van der Waals surface area contributed by atoms with Crippen molar-refractivity contribution < 1.29 is 14.0 Å².